The SMILES string of the molecule is CN1CCC(CN)(N2CCCCc3ccccc32)CC1. The Morgan fingerprint density at radius 1 is 1.10 bits per heavy atom. The number of hydrogen-bond acceptors (Lipinski definition) is 3. The number of nitrogens with two attached hydrogens (primary N) is 1. The summed E-state index contributed by atoms with van der Waals surface area (Å²) < 4.78 is 0. The fourth-order valence-electron chi connectivity index (χ4n) is 3.80. The van der Waals surface area contributed by atoms with E-state index in [1.807, 2.05) is 0 Å². The maximum Gasteiger partial charge on any atom is 0.0548 e. The molecule has 0 spiro atoms. The van der Waals surface area contributed by atoms with E-state index in [0.29, 0.717) is 0 Å². The molecule has 110 valence electrons. The average Bonchev–Trinajstić information content (AvgIpc) is 2.71. The minimum absolute atomic E-state index is 0.174. The molecule has 2 N–H and O–H groups in total. The second-order valence-corrected chi connectivity index (χ2v) is 6.47. The van der Waals surface area contributed by atoms with Crippen molar-refractivity contribution in [3.8, 4) is 0 Å². The van der Waals surface area contributed by atoms with Gasteiger partial charge in [0.05, 0.1) is 5.54 Å². The van der Waals surface area contributed by atoms with Gasteiger partial charge in [-0.25, -0.2) is 0 Å². The van der Waals surface area contributed by atoms with Gasteiger partial charge in [0, 0.05) is 31.9 Å². The lowest BCUT2D eigenvalue weighted by atomic mass is 9.85. The average molecular weight is 273 g/mol. The topological polar surface area (TPSA) is 32.5 Å². The summed E-state index contributed by atoms with van der Waals surface area (Å²) in [5.41, 5.74) is 9.39. The highest BCUT2D eigenvalue weighted by Gasteiger charge is 2.39. The minimum Gasteiger partial charge on any atom is -0.364 e. The predicted octanol–water partition coefficient (Wildman–Crippen LogP) is 2.25. The minimum atomic E-state index is 0.174. The molecule has 0 saturated carbocycles. The molecule has 0 atom stereocenters. The first kappa shape index (κ1) is 13.9. The fourth-order valence-corrected chi connectivity index (χ4v) is 3.80. The van der Waals surface area contributed by atoms with E-state index in [4.69, 9.17) is 5.73 Å². The zero-order chi connectivity index (χ0) is 14.0. The molecule has 0 bridgehead atoms. The number of benzene rings is 1. The van der Waals surface area contributed by atoms with Crippen molar-refractivity contribution in [3.63, 3.8) is 0 Å². The van der Waals surface area contributed by atoms with Crippen LogP contribution < -0.4 is 10.6 Å². The Bertz CT molecular complexity index is 449. The molecule has 2 aliphatic rings. The Hall–Kier alpha value is -1.06. The van der Waals surface area contributed by atoms with Gasteiger partial charge >= 0.3 is 0 Å². The van der Waals surface area contributed by atoms with Crippen LogP contribution in [0.15, 0.2) is 24.3 Å². The lowest BCUT2D eigenvalue weighted by Gasteiger charge is -2.49. The number of fused-ring (bicyclic) bond motifs is 1. The summed E-state index contributed by atoms with van der Waals surface area (Å²) >= 11 is 0. The van der Waals surface area contributed by atoms with Crippen molar-refractivity contribution >= 4 is 5.69 Å². The van der Waals surface area contributed by atoms with E-state index in [0.717, 1.165) is 26.2 Å². The first-order valence-corrected chi connectivity index (χ1v) is 7.99. The van der Waals surface area contributed by atoms with Gasteiger partial charge in [0.2, 0.25) is 0 Å². The molecule has 2 heterocycles. The molecule has 0 aromatic heterocycles. The number of piperidine rings is 1. The third-order valence-electron chi connectivity index (χ3n) is 5.23. The van der Waals surface area contributed by atoms with Crippen LogP contribution in [-0.4, -0.2) is 43.7 Å². The predicted molar refractivity (Wildman–Crippen MR) is 85.2 cm³/mol. The van der Waals surface area contributed by atoms with Crippen LogP contribution in [0, 0.1) is 0 Å². The highest BCUT2D eigenvalue weighted by molar-refractivity contribution is 5.57. The van der Waals surface area contributed by atoms with Gasteiger partial charge in [-0.05, 0) is 50.8 Å². The van der Waals surface area contributed by atoms with E-state index in [2.05, 4.69) is 41.1 Å². The summed E-state index contributed by atoms with van der Waals surface area (Å²) in [5, 5.41) is 0. The van der Waals surface area contributed by atoms with Crippen LogP contribution in [0.1, 0.15) is 31.2 Å². The van der Waals surface area contributed by atoms with E-state index in [1.54, 1.807) is 0 Å². The summed E-state index contributed by atoms with van der Waals surface area (Å²) in [6.45, 7) is 4.26. The molecule has 1 saturated heterocycles. The normalized spacial score (nSPS) is 23.2. The Labute approximate surface area is 122 Å². The van der Waals surface area contributed by atoms with Crippen molar-refractivity contribution in [2.45, 2.75) is 37.6 Å². The highest BCUT2D eigenvalue weighted by Crippen LogP contribution is 2.36. The number of para-hydroxylation sites is 1. The van der Waals surface area contributed by atoms with Gasteiger partial charge < -0.3 is 15.5 Å². The molecule has 1 aromatic rings. The first-order chi connectivity index (χ1) is 9.75. The van der Waals surface area contributed by atoms with Gasteiger partial charge in [-0.15, -0.1) is 0 Å². The molecule has 0 aliphatic carbocycles. The van der Waals surface area contributed by atoms with Crippen LogP contribution in [0.25, 0.3) is 0 Å². The lowest BCUT2D eigenvalue weighted by Crippen LogP contribution is -2.59. The van der Waals surface area contributed by atoms with Crippen molar-refractivity contribution in [3.05, 3.63) is 29.8 Å². The molecule has 0 radical (unpaired) electrons. The number of rotatable bonds is 2. The van der Waals surface area contributed by atoms with Crippen molar-refractivity contribution in [2.75, 3.05) is 38.1 Å². The molecular formula is C17H27N3. The number of likely N-dealkylation sites (tertiary alicyclic amines) is 1. The van der Waals surface area contributed by atoms with Gasteiger partial charge in [-0.1, -0.05) is 18.2 Å². The number of anilines is 1. The lowest BCUT2D eigenvalue weighted by molar-refractivity contribution is 0.185. The largest absolute Gasteiger partial charge is 0.364 e. The first-order valence-electron chi connectivity index (χ1n) is 7.99. The van der Waals surface area contributed by atoms with Crippen molar-refractivity contribution < 1.29 is 0 Å². The van der Waals surface area contributed by atoms with Gasteiger partial charge in [0.25, 0.3) is 0 Å². The summed E-state index contributed by atoms with van der Waals surface area (Å²) in [4.78, 5) is 5.08. The van der Waals surface area contributed by atoms with E-state index in [-0.39, 0.29) is 5.54 Å². The van der Waals surface area contributed by atoms with Crippen LogP contribution in [0.4, 0.5) is 5.69 Å². The molecule has 1 fully saturated rings. The monoisotopic (exact) mass is 273 g/mol. The third-order valence-corrected chi connectivity index (χ3v) is 5.23. The van der Waals surface area contributed by atoms with Crippen molar-refractivity contribution in [1.29, 1.82) is 0 Å². The van der Waals surface area contributed by atoms with Crippen LogP contribution in [0.5, 0.6) is 0 Å². The Kier molecular flexibility index (Phi) is 3.99. The molecule has 2 aliphatic heterocycles. The Morgan fingerprint density at radius 3 is 2.60 bits per heavy atom. The summed E-state index contributed by atoms with van der Waals surface area (Å²) in [5.74, 6) is 0. The molecule has 3 nitrogen and oxygen atoms in total. The standard InChI is InChI=1S/C17H27N3/c1-19-12-9-17(14-18,10-13-19)20-11-5-4-7-15-6-2-3-8-16(15)20/h2-3,6,8H,4-5,7,9-14,18H2,1H3. The smallest absolute Gasteiger partial charge is 0.0548 e. The van der Waals surface area contributed by atoms with Crippen molar-refractivity contribution in [2.24, 2.45) is 5.73 Å². The fraction of sp³-hybridized carbons (Fsp3) is 0.647. The summed E-state index contributed by atoms with van der Waals surface area (Å²) in [6, 6.07) is 8.95. The zero-order valence-electron chi connectivity index (χ0n) is 12.6. The Balaban J connectivity index is 1.95. The maximum atomic E-state index is 6.26. The van der Waals surface area contributed by atoms with Gasteiger partial charge in [-0.2, -0.15) is 0 Å². The van der Waals surface area contributed by atoms with E-state index in [9.17, 15) is 0 Å². The summed E-state index contributed by atoms with van der Waals surface area (Å²) in [7, 11) is 2.22. The van der Waals surface area contributed by atoms with E-state index >= 15 is 0 Å². The van der Waals surface area contributed by atoms with Gasteiger partial charge in [-0.3, -0.25) is 0 Å². The highest BCUT2D eigenvalue weighted by atomic mass is 15.2. The number of nitrogens with zero attached hydrogens (tertiary/aromatic N) is 2. The molecular weight excluding hydrogens is 246 g/mol. The van der Waals surface area contributed by atoms with Crippen LogP contribution in [0.3, 0.4) is 0 Å². The van der Waals surface area contributed by atoms with E-state index in [1.165, 1.54) is 43.4 Å². The zero-order valence-corrected chi connectivity index (χ0v) is 12.6. The van der Waals surface area contributed by atoms with Gasteiger partial charge in [0.15, 0.2) is 0 Å². The number of hydrogen-bond donors (Lipinski definition) is 1. The second kappa shape index (κ2) is 5.74. The maximum absolute atomic E-state index is 6.26. The Morgan fingerprint density at radius 2 is 1.85 bits per heavy atom. The molecule has 3 heteroatoms. The van der Waals surface area contributed by atoms with Crippen LogP contribution in [0.2, 0.25) is 0 Å². The van der Waals surface area contributed by atoms with Gasteiger partial charge in [0.1, 0.15) is 0 Å². The van der Waals surface area contributed by atoms with Crippen LogP contribution >= 0.6 is 0 Å². The van der Waals surface area contributed by atoms with E-state index < -0.39 is 0 Å². The third kappa shape index (κ3) is 2.45. The quantitative estimate of drug-likeness (QED) is 0.897. The molecule has 1 aromatic carbocycles. The molecule has 20 heavy (non-hydrogen) atoms. The molecule has 0 amide bonds. The number of aryl methyl sites for hydroxylation is 1. The second-order valence-electron chi connectivity index (χ2n) is 6.47. The molecule has 0 unspecified atom stereocenters. The van der Waals surface area contributed by atoms with Crippen molar-refractivity contribution in [1.82, 2.24) is 4.90 Å². The van der Waals surface area contributed by atoms with Crippen LogP contribution in [-0.2, 0) is 6.42 Å². The molecule has 3 rings (SSSR count). The summed E-state index contributed by atoms with van der Waals surface area (Å²) in [6.07, 6.45) is 6.18.